The van der Waals surface area contributed by atoms with Gasteiger partial charge in [-0.3, -0.25) is 9.36 Å². The molecule has 6 nitrogen and oxygen atoms in total. The van der Waals surface area contributed by atoms with Crippen molar-refractivity contribution in [3.8, 4) is 5.75 Å². The summed E-state index contributed by atoms with van der Waals surface area (Å²) < 4.78 is 8.03. The number of ether oxygens (including phenoxy) is 1. The molecule has 0 fully saturated rings. The zero-order chi connectivity index (χ0) is 23.0. The molecule has 1 aliphatic rings. The summed E-state index contributed by atoms with van der Waals surface area (Å²) in [5.74, 6) is -0.421. The van der Waals surface area contributed by atoms with Crippen LogP contribution < -0.4 is 14.9 Å². The van der Waals surface area contributed by atoms with Crippen LogP contribution in [0.1, 0.15) is 36.6 Å². The van der Waals surface area contributed by atoms with E-state index in [1.165, 1.54) is 15.9 Å². The van der Waals surface area contributed by atoms with Gasteiger partial charge in [0.15, 0.2) is 4.80 Å². The standard InChI is InChI=1S/C24H21BrN2O4S/c1-4-31-23(30)20-14(3)26-24-27(21(20)15-7-5-13(2)6-8-15)22(29)19(32-24)12-16-11-17(25)9-10-18(16)28/h5-12,21,28H,4H2,1-3H3/b19-12-/t21-/m1/s1. The third-order valence-electron chi connectivity index (χ3n) is 5.19. The molecule has 1 atom stereocenters. The Balaban J connectivity index is 1.97. The Morgan fingerprint density at radius 3 is 2.66 bits per heavy atom. The van der Waals surface area contributed by atoms with Gasteiger partial charge in [0, 0.05) is 10.0 Å². The highest BCUT2D eigenvalue weighted by molar-refractivity contribution is 9.10. The molecule has 1 N–H and O–H groups in total. The number of aromatic hydroxyl groups is 1. The first-order valence-corrected chi connectivity index (χ1v) is 11.7. The van der Waals surface area contributed by atoms with E-state index in [1.54, 1.807) is 38.1 Å². The number of fused-ring (bicyclic) bond motifs is 1. The van der Waals surface area contributed by atoms with Gasteiger partial charge >= 0.3 is 5.97 Å². The Labute approximate surface area is 197 Å². The molecule has 0 saturated heterocycles. The SMILES string of the molecule is CCOC(=O)C1=C(C)N=c2s/c(=C\c3cc(Br)ccc3O)c(=O)n2[C@@H]1c1ccc(C)cc1. The summed E-state index contributed by atoms with van der Waals surface area (Å²) in [7, 11) is 0. The van der Waals surface area contributed by atoms with Gasteiger partial charge in [0.2, 0.25) is 0 Å². The number of esters is 1. The topological polar surface area (TPSA) is 80.9 Å². The number of phenols is 1. The molecule has 0 saturated carbocycles. The number of rotatable bonds is 4. The van der Waals surface area contributed by atoms with Gasteiger partial charge in [0.25, 0.3) is 5.56 Å². The van der Waals surface area contributed by atoms with Crippen molar-refractivity contribution in [1.82, 2.24) is 4.57 Å². The first kappa shape index (κ1) is 22.2. The zero-order valence-electron chi connectivity index (χ0n) is 17.8. The molecule has 2 aromatic carbocycles. The molecule has 1 aliphatic heterocycles. The van der Waals surface area contributed by atoms with Crippen molar-refractivity contribution in [2.45, 2.75) is 26.8 Å². The fourth-order valence-electron chi connectivity index (χ4n) is 3.64. The summed E-state index contributed by atoms with van der Waals surface area (Å²) in [4.78, 5) is 31.4. The summed E-state index contributed by atoms with van der Waals surface area (Å²) in [6, 6.07) is 12.1. The molecule has 0 radical (unpaired) electrons. The number of carbonyl (C=O) groups is 1. The van der Waals surface area contributed by atoms with Gasteiger partial charge in [-0.2, -0.15) is 0 Å². The molecule has 164 valence electrons. The fraction of sp³-hybridized carbons (Fsp3) is 0.208. The van der Waals surface area contributed by atoms with E-state index in [-0.39, 0.29) is 17.9 Å². The van der Waals surface area contributed by atoms with Crippen molar-refractivity contribution in [2.75, 3.05) is 6.61 Å². The van der Waals surface area contributed by atoms with Crippen LogP contribution in [0.15, 0.2) is 68.0 Å². The lowest BCUT2D eigenvalue weighted by Crippen LogP contribution is -2.39. The predicted molar refractivity (Wildman–Crippen MR) is 127 cm³/mol. The molecule has 4 rings (SSSR count). The number of aromatic nitrogens is 1. The lowest BCUT2D eigenvalue weighted by Gasteiger charge is -2.24. The van der Waals surface area contributed by atoms with Crippen molar-refractivity contribution in [1.29, 1.82) is 0 Å². The molecule has 0 bridgehead atoms. The minimum Gasteiger partial charge on any atom is -0.507 e. The van der Waals surface area contributed by atoms with Crippen LogP contribution in [0.3, 0.4) is 0 Å². The predicted octanol–water partition coefficient (Wildman–Crippen LogP) is 3.57. The normalized spacial score (nSPS) is 16.0. The smallest absolute Gasteiger partial charge is 0.338 e. The first-order valence-electron chi connectivity index (χ1n) is 10.0. The van der Waals surface area contributed by atoms with Crippen LogP contribution in [0, 0.1) is 6.92 Å². The fourth-order valence-corrected chi connectivity index (χ4v) is 5.05. The van der Waals surface area contributed by atoms with Gasteiger partial charge in [-0.15, -0.1) is 0 Å². The Morgan fingerprint density at radius 1 is 1.25 bits per heavy atom. The molecule has 32 heavy (non-hydrogen) atoms. The maximum Gasteiger partial charge on any atom is 0.338 e. The second kappa shape index (κ2) is 8.88. The third kappa shape index (κ3) is 4.08. The van der Waals surface area contributed by atoms with E-state index < -0.39 is 12.0 Å². The molecule has 1 aromatic heterocycles. The minimum absolute atomic E-state index is 0.0671. The largest absolute Gasteiger partial charge is 0.507 e. The maximum absolute atomic E-state index is 13.5. The number of thiazole rings is 1. The van der Waals surface area contributed by atoms with E-state index in [0.29, 0.717) is 26.2 Å². The van der Waals surface area contributed by atoms with Crippen molar-refractivity contribution in [3.63, 3.8) is 0 Å². The molecule has 2 heterocycles. The van der Waals surface area contributed by atoms with Crippen LogP contribution >= 0.6 is 27.3 Å². The first-order chi connectivity index (χ1) is 15.3. The van der Waals surface area contributed by atoms with Crippen LogP contribution in [0.25, 0.3) is 6.08 Å². The van der Waals surface area contributed by atoms with Gasteiger partial charge in [0.05, 0.1) is 28.5 Å². The highest BCUT2D eigenvalue weighted by Crippen LogP contribution is 2.31. The maximum atomic E-state index is 13.5. The number of halogens is 1. The molecule has 3 aromatic rings. The average molecular weight is 513 g/mol. The van der Waals surface area contributed by atoms with Crippen LogP contribution in [0.2, 0.25) is 0 Å². The van der Waals surface area contributed by atoms with E-state index in [1.807, 2.05) is 31.2 Å². The zero-order valence-corrected chi connectivity index (χ0v) is 20.2. The number of nitrogens with zero attached hydrogens (tertiary/aromatic N) is 2. The molecule has 8 heteroatoms. The highest BCUT2D eigenvalue weighted by Gasteiger charge is 2.33. The van der Waals surface area contributed by atoms with E-state index in [0.717, 1.165) is 15.6 Å². The molecule has 0 aliphatic carbocycles. The van der Waals surface area contributed by atoms with Gasteiger partial charge in [-0.1, -0.05) is 57.1 Å². The number of hydrogen-bond acceptors (Lipinski definition) is 6. The van der Waals surface area contributed by atoms with E-state index in [9.17, 15) is 14.7 Å². The van der Waals surface area contributed by atoms with Gasteiger partial charge < -0.3 is 9.84 Å². The molecular weight excluding hydrogens is 492 g/mol. The summed E-state index contributed by atoms with van der Waals surface area (Å²) >= 11 is 4.61. The Hall–Kier alpha value is -2.97. The van der Waals surface area contributed by atoms with Crippen LogP contribution in [-0.4, -0.2) is 22.2 Å². The summed E-state index contributed by atoms with van der Waals surface area (Å²) in [5, 5.41) is 10.2. The second-order valence-corrected chi connectivity index (χ2v) is 9.34. The molecule has 0 spiro atoms. The van der Waals surface area contributed by atoms with Crippen LogP contribution in [0.4, 0.5) is 0 Å². The van der Waals surface area contributed by atoms with Crippen molar-refractivity contribution >= 4 is 39.3 Å². The van der Waals surface area contributed by atoms with Crippen LogP contribution in [-0.2, 0) is 9.53 Å². The number of phenolic OH excluding ortho intramolecular Hbond substituents is 1. The Morgan fingerprint density at radius 2 is 1.97 bits per heavy atom. The lowest BCUT2D eigenvalue weighted by atomic mass is 9.95. The quantitative estimate of drug-likeness (QED) is 0.541. The number of hydrogen-bond donors (Lipinski definition) is 1. The average Bonchev–Trinajstić information content (AvgIpc) is 3.05. The van der Waals surface area contributed by atoms with Gasteiger partial charge in [-0.05, 0) is 50.6 Å². The van der Waals surface area contributed by atoms with Gasteiger partial charge in [0.1, 0.15) is 5.75 Å². The number of benzene rings is 2. The van der Waals surface area contributed by atoms with Gasteiger partial charge in [-0.25, -0.2) is 9.79 Å². The number of carbonyl (C=O) groups excluding carboxylic acids is 1. The second-order valence-electron chi connectivity index (χ2n) is 7.42. The molecular formula is C24H21BrN2O4S. The lowest BCUT2D eigenvalue weighted by molar-refractivity contribution is -0.139. The minimum atomic E-state index is -0.649. The summed E-state index contributed by atoms with van der Waals surface area (Å²) in [6.07, 6.45) is 1.64. The number of allylic oxidation sites excluding steroid dienone is 1. The van der Waals surface area contributed by atoms with E-state index in [2.05, 4.69) is 20.9 Å². The monoisotopic (exact) mass is 512 g/mol. The molecule has 0 amide bonds. The third-order valence-corrected chi connectivity index (χ3v) is 6.66. The number of aryl methyl sites for hydroxylation is 1. The summed E-state index contributed by atoms with van der Waals surface area (Å²) in [5.41, 5.74) is 2.97. The van der Waals surface area contributed by atoms with Crippen molar-refractivity contribution in [2.24, 2.45) is 4.99 Å². The van der Waals surface area contributed by atoms with Crippen molar-refractivity contribution < 1.29 is 14.6 Å². The van der Waals surface area contributed by atoms with E-state index in [4.69, 9.17) is 4.74 Å². The highest BCUT2D eigenvalue weighted by atomic mass is 79.9. The van der Waals surface area contributed by atoms with Crippen LogP contribution in [0.5, 0.6) is 5.75 Å². The Kier molecular flexibility index (Phi) is 6.17. The van der Waals surface area contributed by atoms with Crippen molar-refractivity contribution in [3.05, 3.63) is 94.6 Å². The summed E-state index contributed by atoms with van der Waals surface area (Å²) in [6.45, 7) is 5.70. The molecule has 0 unspecified atom stereocenters. The van der Waals surface area contributed by atoms with E-state index >= 15 is 0 Å². The Bertz CT molecular complexity index is 1420.